The van der Waals surface area contributed by atoms with E-state index in [1.165, 1.54) is 0 Å². The van der Waals surface area contributed by atoms with Crippen LogP contribution in [0.25, 0.3) is 6.08 Å². The summed E-state index contributed by atoms with van der Waals surface area (Å²) in [6.07, 6.45) is 2.52. The summed E-state index contributed by atoms with van der Waals surface area (Å²) < 4.78 is 1.01. The molecule has 0 radical (unpaired) electrons. The van der Waals surface area contributed by atoms with Crippen molar-refractivity contribution < 1.29 is 9.90 Å². The number of rotatable bonds is 2. The van der Waals surface area contributed by atoms with Gasteiger partial charge in [-0.2, -0.15) is 0 Å². The number of hydrogen-bond donors (Lipinski definition) is 2. The van der Waals surface area contributed by atoms with Gasteiger partial charge in [0.1, 0.15) is 11.6 Å². The number of halogens is 1. The molecule has 2 N–H and O–H groups in total. The van der Waals surface area contributed by atoms with Crippen LogP contribution < -0.4 is 5.32 Å². The van der Waals surface area contributed by atoms with Crippen molar-refractivity contribution in [3.05, 3.63) is 56.2 Å². The molecule has 4 nitrogen and oxygen atoms in total. The SMILES string of the molecule is Cc1nc(NC(=O)C2=Cc3ccc(Br)cc3C2)c(C)c(C)c1O. The normalized spacial score (nSPS) is 12.8. The van der Waals surface area contributed by atoms with Gasteiger partial charge in [-0.1, -0.05) is 22.0 Å². The number of aromatic nitrogens is 1. The van der Waals surface area contributed by atoms with Crippen molar-refractivity contribution in [2.24, 2.45) is 0 Å². The molecule has 118 valence electrons. The van der Waals surface area contributed by atoms with Crippen molar-refractivity contribution in [1.82, 2.24) is 4.98 Å². The number of aromatic hydroxyl groups is 1. The van der Waals surface area contributed by atoms with Gasteiger partial charge in [-0.25, -0.2) is 4.98 Å². The van der Waals surface area contributed by atoms with Gasteiger partial charge in [-0.3, -0.25) is 4.79 Å². The van der Waals surface area contributed by atoms with E-state index >= 15 is 0 Å². The molecule has 0 bridgehead atoms. The number of nitrogens with zero attached hydrogens (tertiary/aromatic N) is 1. The lowest BCUT2D eigenvalue weighted by atomic mass is 10.1. The van der Waals surface area contributed by atoms with Gasteiger partial charge in [-0.05, 0) is 61.2 Å². The molecule has 0 fully saturated rings. The van der Waals surface area contributed by atoms with Crippen molar-refractivity contribution in [3.8, 4) is 5.75 Å². The minimum Gasteiger partial charge on any atom is -0.506 e. The molecule has 0 atom stereocenters. The maximum absolute atomic E-state index is 12.5. The van der Waals surface area contributed by atoms with Crippen LogP contribution in [0.1, 0.15) is 27.9 Å². The Morgan fingerprint density at radius 2 is 2.00 bits per heavy atom. The van der Waals surface area contributed by atoms with Crippen LogP contribution in [0.15, 0.2) is 28.2 Å². The van der Waals surface area contributed by atoms with E-state index in [1.807, 2.05) is 38.1 Å². The minimum atomic E-state index is -0.155. The number of fused-ring (bicyclic) bond motifs is 1. The molecule has 0 saturated carbocycles. The van der Waals surface area contributed by atoms with Crippen LogP contribution in [0.2, 0.25) is 0 Å². The van der Waals surface area contributed by atoms with E-state index in [-0.39, 0.29) is 11.7 Å². The highest BCUT2D eigenvalue weighted by atomic mass is 79.9. The van der Waals surface area contributed by atoms with Gasteiger partial charge >= 0.3 is 0 Å². The molecule has 1 aromatic carbocycles. The summed E-state index contributed by atoms with van der Waals surface area (Å²) in [5, 5.41) is 12.8. The Kier molecular flexibility index (Phi) is 3.98. The molecule has 23 heavy (non-hydrogen) atoms. The topological polar surface area (TPSA) is 62.2 Å². The fraction of sp³-hybridized carbons (Fsp3) is 0.222. The highest BCUT2D eigenvalue weighted by molar-refractivity contribution is 9.10. The fourth-order valence-electron chi connectivity index (χ4n) is 2.70. The predicted molar refractivity (Wildman–Crippen MR) is 94.6 cm³/mol. The van der Waals surface area contributed by atoms with Crippen molar-refractivity contribution in [2.45, 2.75) is 27.2 Å². The van der Waals surface area contributed by atoms with Crippen LogP contribution in [-0.4, -0.2) is 16.0 Å². The molecular formula is C18H17BrN2O2. The number of amides is 1. The van der Waals surface area contributed by atoms with Gasteiger partial charge in [0.05, 0.1) is 5.69 Å². The second-order valence-corrected chi connectivity index (χ2v) is 6.70. The third kappa shape index (κ3) is 2.88. The maximum Gasteiger partial charge on any atom is 0.253 e. The molecule has 1 aliphatic rings. The summed E-state index contributed by atoms with van der Waals surface area (Å²) in [4.78, 5) is 16.8. The highest BCUT2D eigenvalue weighted by Crippen LogP contribution is 2.30. The average Bonchev–Trinajstić information content (AvgIpc) is 2.93. The lowest BCUT2D eigenvalue weighted by Crippen LogP contribution is -2.17. The molecule has 0 unspecified atom stereocenters. The first kappa shape index (κ1) is 15.7. The Bertz CT molecular complexity index is 857. The Morgan fingerprint density at radius 1 is 1.26 bits per heavy atom. The number of anilines is 1. The second kappa shape index (κ2) is 5.81. The number of pyridine rings is 1. The molecule has 1 aromatic heterocycles. The molecule has 2 aromatic rings. The molecule has 5 heteroatoms. The molecule has 0 saturated heterocycles. The Hall–Kier alpha value is -2.14. The third-order valence-corrected chi connectivity index (χ3v) is 4.73. The Balaban J connectivity index is 1.85. The molecule has 0 aliphatic heterocycles. The third-order valence-electron chi connectivity index (χ3n) is 4.23. The standard InChI is InChI=1S/C18H17BrN2O2/c1-9-10(2)17(20-11(3)16(9)22)21-18(23)14-6-12-4-5-15(19)8-13(12)7-14/h4-6,8,22H,7H2,1-3H3,(H,20,21,23). The van der Waals surface area contributed by atoms with Crippen molar-refractivity contribution in [2.75, 3.05) is 5.32 Å². The number of carbonyl (C=O) groups excluding carboxylic acids is 1. The Morgan fingerprint density at radius 3 is 2.74 bits per heavy atom. The number of aryl methyl sites for hydroxylation is 1. The molecule has 1 aliphatic carbocycles. The average molecular weight is 373 g/mol. The first-order valence-corrected chi connectivity index (χ1v) is 8.13. The molecule has 0 spiro atoms. The first-order chi connectivity index (χ1) is 10.9. The molecule has 1 heterocycles. The van der Waals surface area contributed by atoms with Crippen LogP contribution in [0.4, 0.5) is 5.82 Å². The molecular weight excluding hydrogens is 356 g/mol. The zero-order chi connectivity index (χ0) is 16.7. The number of benzene rings is 1. The van der Waals surface area contributed by atoms with E-state index in [0.717, 1.165) is 26.7 Å². The number of nitrogens with one attached hydrogen (secondary N) is 1. The van der Waals surface area contributed by atoms with E-state index in [0.29, 0.717) is 23.5 Å². The molecule has 1 amide bonds. The van der Waals surface area contributed by atoms with Gasteiger partial charge in [0.2, 0.25) is 0 Å². The predicted octanol–water partition coefficient (Wildman–Crippen LogP) is 4.05. The van der Waals surface area contributed by atoms with Crippen LogP contribution in [0.5, 0.6) is 5.75 Å². The summed E-state index contributed by atoms with van der Waals surface area (Å²) in [5.74, 6) is 0.524. The van der Waals surface area contributed by atoms with Gasteiger partial charge in [0, 0.05) is 16.5 Å². The number of carbonyl (C=O) groups is 1. The van der Waals surface area contributed by atoms with Gasteiger partial charge in [-0.15, -0.1) is 0 Å². The summed E-state index contributed by atoms with van der Waals surface area (Å²) in [5.41, 5.74) is 4.94. The van der Waals surface area contributed by atoms with E-state index in [4.69, 9.17) is 0 Å². The summed E-state index contributed by atoms with van der Waals surface area (Å²) in [7, 11) is 0. The van der Waals surface area contributed by atoms with Gasteiger partial charge in [0.25, 0.3) is 5.91 Å². The monoisotopic (exact) mass is 372 g/mol. The van der Waals surface area contributed by atoms with E-state index in [2.05, 4.69) is 26.2 Å². The smallest absolute Gasteiger partial charge is 0.253 e. The van der Waals surface area contributed by atoms with E-state index < -0.39 is 0 Å². The fourth-order valence-corrected chi connectivity index (χ4v) is 3.11. The van der Waals surface area contributed by atoms with Crippen LogP contribution in [0.3, 0.4) is 0 Å². The van der Waals surface area contributed by atoms with Crippen LogP contribution in [0, 0.1) is 20.8 Å². The van der Waals surface area contributed by atoms with Crippen molar-refractivity contribution in [1.29, 1.82) is 0 Å². The summed E-state index contributed by atoms with van der Waals surface area (Å²) in [6.45, 7) is 5.38. The highest BCUT2D eigenvalue weighted by Gasteiger charge is 2.20. The maximum atomic E-state index is 12.5. The second-order valence-electron chi connectivity index (χ2n) is 5.79. The van der Waals surface area contributed by atoms with Crippen LogP contribution in [-0.2, 0) is 11.2 Å². The van der Waals surface area contributed by atoms with E-state index in [1.54, 1.807) is 6.92 Å². The first-order valence-electron chi connectivity index (χ1n) is 7.34. The lowest BCUT2D eigenvalue weighted by Gasteiger charge is -2.13. The zero-order valence-electron chi connectivity index (χ0n) is 13.2. The van der Waals surface area contributed by atoms with Crippen LogP contribution >= 0.6 is 15.9 Å². The zero-order valence-corrected chi connectivity index (χ0v) is 14.8. The Labute approximate surface area is 143 Å². The lowest BCUT2D eigenvalue weighted by molar-refractivity contribution is -0.112. The summed E-state index contributed by atoms with van der Waals surface area (Å²) in [6, 6.07) is 6.00. The van der Waals surface area contributed by atoms with Crippen molar-refractivity contribution >= 4 is 33.7 Å². The van der Waals surface area contributed by atoms with E-state index in [9.17, 15) is 9.90 Å². The molecule has 3 rings (SSSR count). The van der Waals surface area contributed by atoms with Gasteiger partial charge < -0.3 is 10.4 Å². The minimum absolute atomic E-state index is 0.155. The van der Waals surface area contributed by atoms with Crippen molar-refractivity contribution in [3.63, 3.8) is 0 Å². The number of hydrogen-bond acceptors (Lipinski definition) is 3. The van der Waals surface area contributed by atoms with Gasteiger partial charge in [0.15, 0.2) is 0 Å². The quantitative estimate of drug-likeness (QED) is 0.835. The largest absolute Gasteiger partial charge is 0.506 e. The summed E-state index contributed by atoms with van der Waals surface area (Å²) >= 11 is 3.45.